The van der Waals surface area contributed by atoms with Crippen molar-refractivity contribution in [3.05, 3.63) is 0 Å². The van der Waals surface area contributed by atoms with Crippen LogP contribution < -0.4 is 0 Å². The van der Waals surface area contributed by atoms with Gasteiger partial charge in [0.2, 0.25) is 11.8 Å². The van der Waals surface area contributed by atoms with Gasteiger partial charge in [0.15, 0.2) is 0 Å². The number of carbonyl (C=O) groups is 3. The number of amides is 2. The summed E-state index contributed by atoms with van der Waals surface area (Å²) in [6.45, 7) is 1.66. The van der Waals surface area contributed by atoms with Crippen molar-refractivity contribution in [1.82, 2.24) is 4.90 Å². The van der Waals surface area contributed by atoms with Crippen molar-refractivity contribution in [3.8, 4) is 0 Å². The van der Waals surface area contributed by atoms with E-state index in [2.05, 4.69) is 0 Å². The van der Waals surface area contributed by atoms with Gasteiger partial charge in [-0.3, -0.25) is 14.5 Å². The van der Waals surface area contributed by atoms with E-state index < -0.39 is 11.5 Å². The fraction of sp³-hybridized carbons (Fsp3) is 0.700. The molecule has 0 aromatic heterocycles. The van der Waals surface area contributed by atoms with Crippen LogP contribution in [0.4, 0.5) is 0 Å². The van der Waals surface area contributed by atoms with Gasteiger partial charge in [0.25, 0.3) is 0 Å². The van der Waals surface area contributed by atoms with Crippen molar-refractivity contribution < 1.29 is 19.5 Å². The first-order valence-corrected chi connectivity index (χ1v) is 5.09. The molecule has 1 heterocycles. The summed E-state index contributed by atoms with van der Waals surface area (Å²) in [6.07, 6.45) is 1.70. The minimum atomic E-state index is -1.22. The molecular formula is C10H13NO4. The summed E-state index contributed by atoms with van der Waals surface area (Å²) in [5.74, 6) is -2.09. The van der Waals surface area contributed by atoms with E-state index in [0.29, 0.717) is 12.8 Å². The Bertz CT molecular complexity index is 345. The quantitative estimate of drug-likeness (QED) is 0.670. The van der Waals surface area contributed by atoms with E-state index in [1.54, 1.807) is 6.92 Å². The predicted octanol–water partition coefficient (Wildman–Crippen LogP) is 0.389. The molecule has 2 rings (SSSR count). The van der Waals surface area contributed by atoms with Crippen LogP contribution in [0.2, 0.25) is 0 Å². The van der Waals surface area contributed by atoms with E-state index >= 15 is 0 Å². The van der Waals surface area contributed by atoms with Crippen LogP contribution >= 0.6 is 0 Å². The molecule has 0 aromatic rings. The van der Waals surface area contributed by atoms with E-state index in [0.717, 1.165) is 11.3 Å². The number of carboxylic acids is 1. The van der Waals surface area contributed by atoms with Crippen LogP contribution in [-0.2, 0) is 14.4 Å². The number of imide groups is 1. The van der Waals surface area contributed by atoms with Gasteiger partial charge >= 0.3 is 5.97 Å². The Morgan fingerprint density at radius 3 is 2.33 bits per heavy atom. The highest BCUT2D eigenvalue weighted by molar-refractivity contribution is 6.07. The van der Waals surface area contributed by atoms with Gasteiger partial charge in [-0.1, -0.05) is 6.92 Å². The van der Waals surface area contributed by atoms with Crippen molar-refractivity contribution in [2.24, 2.45) is 5.92 Å². The fourth-order valence-electron chi connectivity index (χ4n) is 2.28. The summed E-state index contributed by atoms with van der Waals surface area (Å²) in [5.41, 5.74) is -1.22. The monoisotopic (exact) mass is 211 g/mol. The second kappa shape index (κ2) is 3.05. The van der Waals surface area contributed by atoms with Crippen LogP contribution in [0.1, 0.15) is 32.6 Å². The number of likely N-dealkylation sites (tertiary alicyclic amines) is 1. The van der Waals surface area contributed by atoms with Gasteiger partial charge in [-0.2, -0.15) is 0 Å². The molecule has 0 aromatic carbocycles. The Balaban J connectivity index is 2.33. The van der Waals surface area contributed by atoms with Crippen LogP contribution in [0, 0.1) is 5.92 Å². The van der Waals surface area contributed by atoms with Crippen molar-refractivity contribution in [3.63, 3.8) is 0 Å². The maximum atomic E-state index is 11.7. The van der Waals surface area contributed by atoms with E-state index in [9.17, 15) is 14.4 Å². The minimum absolute atomic E-state index is 0.147. The summed E-state index contributed by atoms with van der Waals surface area (Å²) in [7, 11) is 0. The third-order valence-electron chi connectivity index (χ3n) is 3.38. The first kappa shape index (κ1) is 10.1. The molecule has 2 fully saturated rings. The Morgan fingerprint density at radius 2 is 2.07 bits per heavy atom. The van der Waals surface area contributed by atoms with Crippen LogP contribution in [0.15, 0.2) is 0 Å². The number of hydrogen-bond acceptors (Lipinski definition) is 3. The fourth-order valence-corrected chi connectivity index (χ4v) is 2.28. The topological polar surface area (TPSA) is 74.7 Å². The molecule has 1 aliphatic heterocycles. The lowest BCUT2D eigenvalue weighted by Crippen LogP contribution is -2.61. The second-order valence-corrected chi connectivity index (χ2v) is 4.36. The summed E-state index contributed by atoms with van der Waals surface area (Å²) < 4.78 is 0. The summed E-state index contributed by atoms with van der Waals surface area (Å²) >= 11 is 0. The molecule has 1 N–H and O–H groups in total. The zero-order valence-electron chi connectivity index (χ0n) is 8.52. The normalized spacial score (nSPS) is 29.1. The van der Waals surface area contributed by atoms with Crippen LogP contribution in [-0.4, -0.2) is 33.3 Å². The number of carbonyl (C=O) groups excluding carboxylic acids is 2. The van der Waals surface area contributed by atoms with Gasteiger partial charge in [-0.25, -0.2) is 4.79 Å². The van der Waals surface area contributed by atoms with Crippen molar-refractivity contribution in [2.45, 2.75) is 38.1 Å². The second-order valence-electron chi connectivity index (χ2n) is 4.36. The van der Waals surface area contributed by atoms with Gasteiger partial charge in [0, 0.05) is 12.3 Å². The minimum Gasteiger partial charge on any atom is -0.479 e. The standard InChI is InChI=1S/C10H13NO4/c1-6-5-7(12)11(8(6)13)10(9(14)15)3-2-4-10/h6H,2-5H2,1H3,(H,14,15). The van der Waals surface area contributed by atoms with Crippen LogP contribution in [0.3, 0.4) is 0 Å². The molecule has 1 saturated carbocycles. The third-order valence-corrected chi connectivity index (χ3v) is 3.38. The lowest BCUT2D eigenvalue weighted by atomic mass is 9.75. The molecule has 15 heavy (non-hydrogen) atoms. The zero-order valence-corrected chi connectivity index (χ0v) is 8.52. The number of hydrogen-bond donors (Lipinski definition) is 1. The molecule has 0 spiro atoms. The van der Waals surface area contributed by atoms with Gasteiger partial charge in [0.1, 0.15) is 5.54 Å². The molecule has 82 valence electrons. The summed E-state index contributed by atoms with van der Waals surface area (Å²) in [6, 6.07) is 0. The highest BCUT2D eigenvalue weighted by Gasteiger charge is 2.57. The molecule has 0 bridgehead atoms. The van der Waals surface area contributed by atoms with E-state index in [1.165, 1.54) is 0 Å². The number of nitrogens with zero attached hydrogens (tertiary/aromatic N) is 1. The summed E-state index contributed by atoms with van der Waals surface area (Å²) in [4.78, 5) is 35.4. The highest BCUT2D eigenvalue weighted by Crippen LogP contribution is 2.41. The first-order chi connectivity index (χ1) is 6.99. The Kier molecular flexibility index (Phi) is 2.06. The molecule has 2 amide bonds. The number of carboxylic acid groups (broad SMARTS) is 1. The molecule has 1 aliphatic carbocycles. The Hall–Kier alpha value is -1.39. The maximum Gasteiger partial charge on any atom is 0.330 e. The van der Waals surface area contributed by atoms with Crippen molar-refractivity contribution in [1.29, 1.82) is 0 Å². The van der Waals surface area contributed by atoms with E-state index in [1.807, 2.05) is 0 Å². The van der Waals surface area contributed by atoms with Gasteiger partial charge in [-0.15, -0.1) is 0 Å². The summed E-state index contributed by atoms with van der Waals surface area (Å²) in [5, 5.41) is 9.12. The van der Waals surface area contributed by atoms with Crippen LogP contribution in [0.25, 0.3) is 0 Å². The SMILES string of the molecule is CC1CC(=O)N(C2(C(=O)O)CCC2)C1=O. The predicted molar refractivity (Wildman–Crippen MR) is 49.9 cm³/mol. The van der Waals surface area contributed by atoms with Gasteiger partial charge < -0.3 is 5.11 Å². The van der Waals surface area contributed by atoms with Crippen molar-refractivity contribution in [2.75, 3.05) is 0 Å². The molecule has 1 unspecified atom stereocenters. The van der Waals surface area contributed by atoms with Gasteiger partial charge in [0.05, 0.1) is 0 Å². The van der Waals surface area contributed by atoms with Crippen molar-refractivity contribution >= 4 is 17.8 Å². The molecule has 0 radical (unpaired) electrons. The van der Waals surface area contributed by atoms with E-state index in [-0.39, 0.29) is 24.2 Å². The Morgan fingerprint density at radius 1 is 1.47 bits per heavy atom. The van der Waals surface area contributed by atoms with Crippen LogP contribution in [0.5, 0.6) is 0 Å². The smallest absolute Gasteiger partial charge is 0.330 e. The maximum absolute atomic E-state index is 11.7. The third kappa shape index (κ3) is 1.19. The average molecular weight is 211 g/mol. The molecule has 1 saturated heterocycles. The zero-order chi connectivity index (χ0) is 11.2. The largest absolute Gasteiger partial charge is 0.479 e. The Labute approximate surface area is 87.1 Å². The number of rotatable bonds is 2. The van der Waals surface area contributed by atoms with E-state index in [4.69, 9.17) is 5.11 Å². The van der Waals surface area contributed by atoms with Gasteiger partial charge in [-0.05, 0) is 19.3 Å². The lowest BCUT2D eigenvalue weighted by molar-refractivity contribution is -0.169. The first-order valence-electron chi connectivity index (χ1n) is 5.09. The highest BCUT2D eigenvalue weighted by atomic mass is 16.4. The molecule has 2 aliphatic rings. The molecule has 5 heteroatoms. The average Bonchev–Trinajstić information content (AvgIpc) is 2.29. The lowest BCUT2D eigenvalue weighted by Gasteiger charge is -2.43. The number of aliphatic carboxylic acids is 1. The molecular weight excluding hydrogens is 198 g/mol. The molecule has 5 nitrogen and oxygen atoms in total. The molecule has 1 atom stereocenters.